The fraction of sp³-hybridized carbons (Fsp3) is 0.667. The zero-order valence-corrected chi connectivity index (χ0v) is 26.2. The summed E-state index contributed by atoms with van der Waals surface area (Å²) in [5.41, 5.74) is 0. The Morgan fingerprint density at radius 2 is 1.44 bits per heavy atom. The first-order valence-electron chi connectivity index (χ1n) is 15.2. The number of hydrogen-bond acceptors (Lipinski definition) is 7. The molecule has 0 bridgehead atoms. The normalized spacial score (nSPS) is 13.9. The van der Waals surface area contributed by atoms with Gasteiger partial charge < -0.3 is 28.6 Å². The first-order chi connectivity index (χ1) is 19.6. The highest BCUT2D eigenvalue weighted by atomic mass is 16.6. The molecular weight excluding hydrogens is 522 g/mol. The summed E-state index contributed by atoms with van der Waals surface area (Å²) in [6.07, 6.45) is 24.9. The summed E-state index contributed by atoms with van der Waals surface area (Å²) in [6, 6.07) is -0.739. The van der Waals surface area contributed by atoms with Crippen LogP contribution in [-0.2, 0) is 28.6 Å². The highest BCUT2D eigenvalue weighted by Gasteiger charge is 2.25. The van der Waals surface area contributed by atoms with Crippen LogP contribution in [0, 0.1) is 0 Å². The molecule has 0 amide bonds. The number of carboxylic acids is 1. The van der Waals surface area contributed by atoms with E-state index >= 15 is 0 Å². The quantitative estimate of drug-likeness (QED) is 0.0634. The van der Waals surface area contributed by atoms with Gasteiger partial charge in [-0.1, -0.05) is 81.7 Å². The van der Waals surface area contributed by atoms with E-state index in [1.165, 1.54) is 19.3 Å². The molecule has 0 aromatic rings. The molecular formula is C33H55NO7. The van der Waals surface area contributed by atoms with Crippen LogP contribution in [0.3, 0.4) is 0 Å². The van der Waals surface area contributed by atoms with Gasteiger partial charge in [0.25, 0.3) is 0 Å². The summed E-state index contributed by atoms with van der Waals surface area (Å²) in [7, 11) is 5.33. The molecule has 0 saturated heterocycles. The second-order valence-corrected chi connectivity index (χ2v) is 11.0. The Balaban J connectivity index is 4.72. The van der Waals surface area contributed by atoms with Gasteiger partial charge in [0, 0.05) is 12.8 Å². The third kappa shape index (κ3) is 23.7. The van der Waals surface area contributed by atoms with E-state index in [2.05, 4.69) is 38.2 Å². The predicted octanol–water partition coefficient (Wildman–Crippen LogP) is 5.23. The van der Waals surface area contributed by atoms with Crippen molar-refractivity contribution < 1.29 is 38.2 Å². The van der Waals surface area contributed by atoms with E-state index in [0.717, 1.165) is 32.1 Å². The van der Waals surface area contributed by atoms with Gasteiger partial charge in [0.1, 0.15) is 12.6 Å². The molecule has 0 aliphatic carbocycles. The molecule has 0 aliphatic rings. The Kier molecular flexibility index (Phi) is 23.4. The molecule has 0 N–H and O–H groups in total. The SMILES string of the molecule is CC/C=C/C/C=C/C/C=C/CC(=O)OCC(COCCC(C(=O)[O-])[N+](C)(C)C)OC(=O)CC/C=C/CCCCCC. The standard InChI is InChI=1S/C33H55NO7/c1-6-8-10-12-14-16-18-19-21-23-31(35)40-28-29(27-39-26-25-30(33(37)38)34(3,4)5)41-32(36)24-22-20-17-15-13-11-9-7-2/h8,10,14,16-17,19-21,29-30H,6-7,9,11-13,15,18,22-28H2,1-5H3/b10-8+,16-14+,20-17+,21-19+. The maximum atomic E-state index is 12.4. The third-order valence-electron chi connectivity index (χ3n) is 6.25. The van der Waals surface area contributed by atoms with Crippen LogP contribution in [0.15, 0.2) is 48.6 Å². The Hall–Kier alpha value is -2.71. The van der Waals surface area contributed by atoms with Gasteiger partial charge in [0.15, 0.2) is 6.10 Å². The van der Waals surface area contributed by atoms with Gasteiger partial charge in [0.05, 0.1) is 46.7 Å². The number of likely N-dealkylation sites (N-methyl/N-ethyl adjacent to an activating group) is 1. The second kappa shape index (κ2) is 25.0. The molecule has 0 spiro atoms. The lowest BCUT2D eigenvalue weighted by molar-refractivity contribution is -0.889. The molecule has 0 radical (unpaired) electrons. The lowest BCUT2D eigenvalue weighted by Gasteiger charge is -2.34. The average molecular weight is 578 g/mol. The molecule has 234 valence electrons. The first kappa shape index (κ1) is 38.3. The number of carboxylic acid groups (broad SMARTS) is 1. The number of carbonyl (C=O) groups is 3. The smallest absolute Gasteiger partial charge is 0.309 e. The minimum absolute atomic E-state index is 0.00366. The number of quaternary nitrogens is 1. The number of ether oxygens (including phenoxy) is 3. The number of esters is 2. The van der Waals surface area contributed by atoms with Crippen LogP contribution < -0.4 is 5.11 Å². The summed E-state index contributed by atoms with van der Waals surface area (Å²) < 4.78 is 16.7. The van der Waals surface area contributed by atoms with E-state index < -0.39 is 30.1 Å². The summed E-state index contributed by atoms with van der Waals surface area (Å²) in [5.74, 6) is -1.97. The number of carbonyl (C=O) groups excluding carboxylic acids is 3. The van der Waals surface area contributed by atoms with Crippen molar-refractivity contribution in [1.29, 1.82) is 0 Å². The molecule has 41 heavy (non-hydrogen) atoms. The van der Waals surface area contributed by atoms with Crippen LogP contribution in [0.2, 0.25) is 0 Å². The molecule has 0 fully saturated rings. The van der Waals surface area contributed by atoms with Gasteiger partial charge in [-0.05, 0) is 38.5 Å². The van der Waals surface area contributed by atoms with Crippen LogP contribution in [0.5, 0.6) is 0 Å². The molecule has 0 heterocycles. The molecule has 0 aromatic heterocycles. The number of allylic oxidation sites excluding steroid dienone is 7. The Bertz CT molecular complexity index is 824. The maximum Gasteiger partial charge on any atom is 0.309 e. The topological polar surface area (TPSA) is 102 Å². The van der Waals surface area contributed by atoms with Crippen molar-refractivity contribution in [3.05, 3.63) is 48.6 Å². The number of rotatable bonds is 25. The van der Waals surface area contributed by atoms with Crippen molar-refractivity contribution in [3.63, 3.8) is 0 Å². The van der Waals surface area contributed by atoms with Gasteiger partial charge in [-0.2, -0.15) is 0 Å². The van der Waals surface area contributed by atoms with E-state index in [9.17, 15) is 19.5 Å². The highest BCUT2D eigenvalue weighted by Crippen LogP contribution is 2.09. The van der Waals surface area contributed by atoms with E-state index in [1.807, 2.05) is 18.2 Å². The van der Waals surface area contributed by atoms with Crippen molar-refractivity contribution in [2.45, 2.75) is 103 Å². The summed E-state index contributed by atoms with van der Waals surface area (Å²) in [4.78, 5) is 36.1. The van der Waals surface area contributed by atoms with Crippen molar-refractivity contribution in [2.24, 2.45) is 0 Å². The van der Waals surface area contributed by atoms with Crippen molar-refractivity contribution in [2.75, 3.05) is 41.0 Å². The van der Waals surface area contributed by atoms with Gasteiger partial charge in [-0.3, -0.25) is 9.59 Å². The maximum absolute atomic E-state index is 12.4. The average Bonchev–Trinajstić information content (AvgIpc) is 2.91. The van der Waals surface area contributed by atoms with Crippen LogP contribution >= 0.6 is 0 Å². The summed E-state index contributed by atoms with van der Waals surface area (Å²) in [6.45, 7) is 4.28. The van der Waals surface area contributed by atoms with E-state index in [4.69, 9.17) is 14.2 Å². The van der Waals surface area contributed by atoms with Gasteiger partial charge >= 0.3 is 11.9 Å². The molecule has 2 unspecified atom stereocenters. The molecule has 0 aliphatic heterocycles. The van der Waals surface area contributed by atoms with Crippen molar-refractivity contribution in [1.82, 2.24) is 0 Å². The van der Waals surface area contributed by atoms with Crippen molar-refractivity contribution in [3.8, 4) is 0 Å². The fourth-order valence-corrected chi connectivity index (χ4v) is 3.85. The molecule has 8 heteroatoms. The summed E-state index contributed by atoms with van der Waals surface area (Å²) >= 11 is 0. The third-order valence-corrected chi connectivity index (χ3v) is 6.25. The Morgan fingerprint density at radius 3 is 2.07 bits per heavy atom. The van der Waals surface area contributed by atoms with Gasteiger partial charge in [-0.15, -0.1) is 0 Å². The second-order valence-electron chi connectivity index (χ2n) is 11.0. The predicted molar refractivity (Wildman–Crippen MR) is 162 cm³/mol. The number of aliphatic carboxylic acids is 1. The number of unbranched alkanes of at least 4 members (excludes halogenated alkanes) is 4. The minimum atomic E-state index is -1.15. The van der Waals surface area contributed by atoms with E-state index in [0.29, 0.717) is 6.42 Å². The Morgan fingerprint density at radius 1 is 0.780 bits per heavy atom. The molecule has 0 rings (SSSR count). The molecule has 0 saturated carbocycles. The molecule has 0 aromatic carbocycles. The highest BCUT2D eigenvalue weighted by molar-refractivity contribution is 5.71. The Labute approximate surface area is 248 Å². The van der Waals surface area contributed by atoms with Crippen LogP contribution in [0.4, 0.5) is 0 Å². The van der Waals surface area contributed by atoms with E-state index in [1.54, 1.807) is 27.2 Å². The zero-order chi connectivity index (χ0) is 30.8. The largest absolute Gasteiger partial charge is 0.544 e. The molecule has 2 atom stereocenters. The van der Waals surface area contributed by atoms with Crippen LogP contribution in [0.25, 0.3) is 0 Å². The van der Waals surface area contributed by atoms with Crippen LogP contribution in [-0.4, -0.2) is 75.5 Å². The number of hydrogen-bond donors (Lipinski definition) is 0. The number of nitrogens with zero attached hydrogens (tertiary/aromatic N) is 1. The van der Waals surface area contributed by atoms with Gasteiger partial charge in [-0.25, -0.2) is 0 Å². The van der Waals surface area contributed by atoms with Crippen LogP contribution in [0.1, 0.15) is 90.9 Å². The zero-order valence-electron chi connectivity index (χ0n) is 26.2. The summed E-state index contributed by atoms with van der Waals surface area (Å²) in [5, 5.41) is 11.5. The lowest BCUT2D eigenvalue weighted by atomic mass is 10.1. The minimum Gasteiger partial charge on any atom is -0.544 e. The van der Waals surface area contributed by atoms with Crippen molar-refractivity contribution >= 4 is 17.9 Å². The monoisotopic (exact) mass is 577 g/mol. The molecule has 8 nitrogen and oxygen atoms in total. The van der Waals surface area contributed by atoms with E-state index in [-0.39, 0.29) is 43.6 Å². The lowest BCUT2D eigenvalue weighted by Crippen LogP contribution is -2.55. The first-order valence-corrected chi connectivity index (χ1v) is 15.2. The fourth-order valence-electron chi connectivity index (χ4n) is 3.85. The van der Waals surface area contributed by atoms with Gasteiger partial charge in [0.2, 0.25) is 0 Å².